The molecule has 24 heavy (non-hydrogen) atoms. The molecule has 2 rings (SSSR count). The molecule has 126 valence electrons. The van der Waals surface area contributed by atoms with E-state index in [9.17, 15) is 9.59 Å². The summed E-state index contributed by atoms with van der Waals surface area (Å²) in [6.45, 7) is 8.59. The minimum atomic E-state index is -1.01. The lowest BCUT2D eigenvalue weighted by molar-refractivity contribution is 0.0696. The van der Waals surface area contributed by atoms with Gasteiger partial charge in [-0.1, -0.05) is 33.8 Å². The number of carbonyl (C=O) groups excluding carboxylic acids is 1. The molecule has 0 fully saturated rings. The van der Waals surface area contributed by atoms with E-state index in [0.29, 0.717) is 17.4 Å². The van der Waals surface area contributed by atoms with E-state index in [1.807, 2.05) is 12.1 Å². The predicted molar refractivity (Wildman–Crippen MR) is 96.0 cm³/mol. The molecule has 1 amide bonds. The molecule has 0 aromatic heterocycles. The van der Waals surface area contributed by atoms with Crippen molar-refractivity contribution in [1.82, 2.24) is 0 Å². The SMILES string of the molecule is CC(C)c1ccc(NC(=O)c2ccc(C(=O)O)cc2)cc1C(C)C. The molecular weight excluding hydrogens is 302 g/mol. The van der Waals surface area contributed by atoms with Crippen molar-refractivity contribution in [1.29, 1.82) is 0 Å². The van der Waals surface area contributed by atoms with Crippen LogP contribution in [0.15, 0.2) is 42.5 Å². The van der Waals surface area contributed by atoms with E-state index >= 15 is 0 Å². The summed E-state index contributed by atoms with van der Waals surface area (Å²) in [5.74, 6) is -0.462. The molecule has 0 spiro atoms. The molecule has 0 heterocycles. The van der Waals surface area contributed by atoms with Gasteiger partial charge in [0.25, 0.3) is 5.91 Å². The monoisotopic (exact) mass is 325 g/mol. The van der Waals surface area contributed by atoms with Gasteiger partial charge in [-0.25, -0.2) is 4.79 Å². The van der Waals surface area contributed by atoms with Crippen molar-refractivity contribution in [2.24, 2.45) is 0 Å². The van der Waals surface area contributed by atoms with Crippen LogP contribution in [0.4, 0.5) is 5.69 Å². The van der Waals surface area contributed by atoms with Crippen molar-refractivity contribution in [2.75, 3.05) is 5.32 Å². The molecule has 0 aliphatic heterocycles. The number of anilines is 1. The molecule has 0 atom stereocenters. The first-order valence-electron chi connectivity index (χ1n) is 8.08. The first kappa shape index (κ1) is 17.7. The molecule has 0 aliphatic rings. The zero-order valence-corrected chi connectivity index (χ0v) is 14.5. The number of hydrogen-bond acceptors (Lipinski definition) is 2. The summed E-state index contributed by atoms with van der Waals surface area (Å²) < 4.78 is 0. The van der Waals surface area contributed by atoms with Gasteiger partial charge in [0.05, 0.1) is 5.56 Å². The first-order valence-corrected chi connectivity index (χ1v) is 8.08. The molecule has 4 heteroatoms. The Balaban J connectivity index is 2.22. The second-order valence-electron chi connectivity index (χ2n) is 6.49. The molecule has 0 saturated heterocycles. The molecule has 4 nitrogen and oxygen atoms in total. The van der Waals surface area contributed by atoms with Crippen LogP contribution in [0.3, 0.4) is 0 Å². The number of aromatic carboxylic acids is 1. The van der Waals surface area contributed by atoms with Gasteiger partial charge in [0.1, 0.15) is 0 Å². The topological polar surface area (TPSA) is 66.4 Å². The average molecular weight is 325 g/mol. The van der Waals surface area contributed by atoms with Gasteiger partial charge >= 0.3 is 5.97 Å². The van der Waals surface area contributed by atoms with E-state index in [0.717, 1.165) is 5.69 Å². The fourth-order valence-corrected chi connectivity index (χ4v) is 2.65. The van der Waals surface area contributed by atoms with E-state index in [2.05, 4.69) is 39.1 Å². The quantitative estimate of drug-likeness (QED) is 0.823. The summed E-state index contributed by atoms with van der Waals surface area (Å²) in [6.07, 6.45) is 0. The molecular formula is C20H23NO3. The third-order valence-electron chi connectivity index (χ3n) is 3.98. The maximum atomic E-state index is 12.3. The molecule has 2 aromatic rings. The fourth-order valence-electron chi connectivity index (χ4n) is 2.65. The normalized spacial score (nSPS) is 10.9. The van der Waals surface area contributed by atoms with Crippen molar-refractivity contribution in [3.05, 3.63) is 64.7 Å². The average Bonchev–Trinajstić information content (AvgIpc) is 2.54. The van der Waals surface area contributed by atoms with E-state index in [-0.39, 0.29) is 11.5 Å². The lowest BCUT2D eigenvalue weighted by Gasteiger charge is -2.17. The van der Waals surface area contributed by atoms with Crippen LogP contribution in [0.1, 0.15) is 71.4 Å². The zero-order chi connectivity index (χ0) is 17.9. The van der Waals surface area contributed by atoms with Crippen LogP contribution in [0, 0.1) is 0 Å². The van der Waals surface area contributed by atoms with E-state index in [1.54, 1.807) is 0 Å². The molecule has 2 aromatic carbocycles. The standard InChI is InChI=1S/C20H23NO3/c1-12(2)17-10-9-16(11-18(17)13(3)4)21-19(22)14-5-7-15(8-6-14)20(23)24/h5-13H,1-4H3,(H,21,22)(H,23,24). The molecule has 2 N–H and O–H groups in total. The van der Waals surface area contributed by atoms with E-state index in [4.69, 9.17) is 5.11 Å². The maximum Gasteiger partial charge on any atom is 0.335 e. The zero-order valence-electron chi connectivity index (χ0n) is 14.5. The Labute approximate surface area is 142 Å². The highest BCUT2D eigenvalue weighted by molar-refractivity contribution is 6.04. The van der Waals surface area contributed by atoms with Gasteiger partial charge < -0.3 is 10.4 Å². The number of carbonyl (C=O) groups is 2. The Hall–Kier alpha value is -2.62. The highest BCUT2D eigenvalue weighted by Crippen LogP contribution is 2.29. The highest BCUT2D eigenvalue weighted by atomic mass is 16.4. The fraction of sp³-hybridized carbons (Fsp3) is 0.300. The lowest BCUT2D eigenvalue weighted by Crippen LogP contribution is -2.13. The molecule has 0 aliphatic carbocycles. The highest BCUT2D eigenvalue weighted by Gasteiger charge is 2.13. The van der Waals surface area contributed by atoms with Crippen LogP contribution >= 0.6 is 0 Å². The summed E-state index contributed by atoms with van der Waals surface area (Å²) >= 11 is 0. The van der Waals surface area contributed by atoms with Crippen molar-refractivity contribution in [3.63, 3.8) is 0 Å². The number of hydrogen-bond donors (Lipinski definition) is 2. The summed E-state index contributed by atoms with van der Waals surface area (Å²) in [5, 5.41) is 11.8. The van der Waals surface area contributed by atoms with E-state index in [1.165, 1.54) is 35.4 Å². The Morgan fingerprint density at radius 2 is 1.38 bits per heavy atom. The molecule has 0 radical (unpaired) electrons. The van der Waals surface area contributed by atoms with Gasteiger partial charge in [0.2, 0.25) is 0 Å². The minimum absolute atomic E-state index is 0.162. The molecule has 0 unspecified atom stereocenters. The number of carboxylic acid groups (broad SMARTS) is 1. The Morgan fingerprint density at radius 3 is 1.88 bits per heavy atom. The predicted octanol–water partition coefficient (Wildman–Crippen LogP) is 4.88. The van der Waals surface area contributed by atoms with Crippen LogP contribution in [0.25, 0.3) is 0 Å². The summed E-state index contributed by atoms with van der Waals surface area (Å²) in [6, 6.07) is 11.9. The van der Waals surface area contributed by atoms with Crippen LogP contribution in [-0.4, -0.2) is 17.0 Å². The van der Waals surface area contributed by atoms with Gasteiger partial charge in [-0.3, -0.25) is 4.79 Å². The maximum absolute atomic E-state index is 12.3. The summed E-state index contributed by atoms with van der Waals surface area (Å²) in [4.78, 5) is 23.2. The number of rotatable bonds is 5. The van der Waals surface area contributed by atoms with Gasteiger partial charge in [-0.2, -0.15) is 0 Å². The molecule has 0 bridgehead atoms. The van der Waals surface area contributed by atoms with E-state index < -0.39 is 5.97 Å². The van der Waals surface area contributed by atoms with Crippen molar-refractivity contribution >= 4 is 17.6 Å². The van der Waals surface area contributed by atoms with Gasteiger partial charge in [0.15, 0.2) is 0 Å². The first-order chi connectivity index (χ1) is 11.3. The van der Waals surface area contributed by atoms with Gasteiger partial charge in [-0.15, -0.1) is 0 Å². The third kappa shape index (κ3) is 4.02. The van der Waals surface area contributed by atoms with Gasteiger partial charge in [0, 0.05) is 11.3 Å². The van der Waals surface area contributed by atoms with Crippen molar-refractivity contribution in [2.45, 2.75) is 39.5 Å². The van der Waals surface area contributed by atoms with Crippen LogP contribution < -0.4 is 5.32 Å². The Bertz CT molecular complexity index is 746. The minimum Gasteiger partial charge on any atom is -0.478 e. The smallest absolute Gasteiger partial charge is 0.335 e. The van der Waals surface area contributed by atoms with Crippen LogP contribution in [0.2, 0.25) is 0 Å². The number of carboxylic acids is 1. The number of benzene rings is 2. The second-order valence-corrected chi connectivity index (χ2v) is 6.49. The Morgan fingerprint density at radius 1 is 0.833 bits per heavy atom. The number of amides is 1. The van der Waals surface area contributed by atoms with Crippen molar-refractivity contribution < 1.29 is 14.7 Å². The number of nitrogens with one attached hydrogen (secondary N) is 1. The van der Waals surface area contributed by atoms with Crippen LogP contribution in [0.5, 0.6) is 0 Å². The third-order valence-corrected chi connectivity index (χ3v) is 3.98. The summed E-state index contributed by atoms with van der Waals surface area (Å²) in [7, 11) is 0. The van der Waals surface area contributed by atoms with Gasteiger partial charge in [-0.05, 0) is 59.4 Å². The largest absolute Gasteiger partial charge is 0.478 e. The summed E-state index contributed by atoms with van der Waals surface area (Å²) in [5.41, 5.74) is 3.85. The lowest BCUT2D eigenvalue weighted by atomic mass is 9.90. The van der Waals surface area contributed by atoms with Crippen LogP contribution in [-0.2, 0) is 0 Å². The Kier molecular flexibility index (Phi) is 5.39. The van der Waals surface area contributed by atoms with Crippen molar-refractivity contribution in [3.8, 4) is 0 Å². The second kappa shape index (κ2) is 7.30. The molecule has 0 saturated carbocycles.